The van der Waals surface area contributed by atoms with Crippen LogP contribution in [0.15, 0.2) is 53.7 Å². The number of carbonyl (C=O) groups excluding carboxylic acids is 1. The lowest BCUT2D eigenvalue weighted by atomic mass is 10.1. The number of nitrogens with one attached hydrogen (secondary N) is 1. The molecule has 1 aliphatic rings. The zero-order valence-electron chi connectivity index (χ0n) is 17.3. The lowest BCUT2D eigenvalue weighted by Gasteiger charge is -2.36. The van der Waals surface area contributed by atoms with Crippen molar-refractivity contribution in [1.82, 2.24) is 19.5 Å². The second kappa shape index (κ2) is 10.0. The summed E-state index contributed by atoms with van der Waals surface area (Å²) in [5.74, 6) is 0.758. The molecule has 162 valence electrons. The van der Waals surface area contributed by atoms with Gasteiger partial charge in [0.05, 0.1) is 13.2 Å². The number of amides is 1. The Morgan fingerprint density at radius 2 is 1.87 bits per heavy atom. The van der Waals surface area contributed by atoms with Crippen molar-refractivity contribution >= 4 is 15.9 Å². The van der Waals surface area contributed by atoms with Gasteiger partial charge in [0, 0.05) is 45.1 Å². The van der Waals surface area contributed by atoms with Crippen LogP contribution < -0.4 is 10.1 Å². The fourth-order valence-electron chi connectivity index (χ4n) is 3.42. The predicted octanol–water partition coefficient (Wildman–Crippen LogP) is 1.14. The van der Waals surface area contributed by atoms with Crippen LogP contribution in [0.3, 0.4) is 0 Å². The van der Waals surface area contributed by atoms with Gasteiger partial charge in [-0.25, -0.2) is 8.42 Å². The van der Waals surface area contributed by atoms with Crippen LogP contribution >= 0.6 is 0 Å². The summed E-state index contributed by atoms with van der Waals surface area (Å²) in [6, 6.07) is 10.6. The number of benzene rings is 1. The summed E-state index contributed by atoms with van der Waals surface area (Å²) in [5, 5.41) is 2.97. The summed E-state index contributed by atoms with van der Waals surface area (Å²) in [4.78, 5) is 18.6. The lowest BCUT2D eigenvalue weighted by molar-refractivity contribution is -0.126. The largest absolute Gasteiger partial charge is 0.497 e. The topological polar surface area (TPSA) is 91.8 Å². The van der Waals surface area contributed by atoms with Gasteiger partial charge in [-0.05, 0) is 43.2 Å². The molecule has 0 spiro atoms. The van der Waals surface area contributed by atoms with Crippen LogP contribution in [0.4, 0.5) is 0 Å². The SMILES string of the molecule is COc1ccc(CCNC(=O)C(C)N2CCN(S(=O)(=O)c3cccnc3)CC2)cc1. The molecule has 1 fully saturated rings. The first kappa shape index (κ1) is 22.2. The maximum atomic E-state index is 12.7. The van der Waals surface area contributed by atoms with Crippen molar-refractivity contribution in [2.75, 3.05) is 39.8 Å². The quantitative estimate of drug-likeness (QED) is 0.673. The number of methoxy groups -OCH3 is 1. The van der Waals surface area contributed by atoms with Crippen LogP contribution in [0, 0.1) is 0 Å². The Bertz CT molecular complexity index is 927. The van der Waals surface area contributed by atoms with Crippen LogP contribution in [0.5, 0.6) is 5.75 Å². The molecule has 0 bridgehead atoms. The van der Waals surface area contributed by atoms with Gasteiger partial charge in [-0.3, -0.25) is 14.7 Å². The highest BCUT2D eigenvalue weighted by molar-refractivity contribution is 7.89. The lowest BCUT2D eigenvalue weighted by Crippen LogP contribution is -2.55. The molecule has 30 heavy (non-hydrogen) atoms. The zero-order valence-corrected chi connectivity index (χ0v) is 18.1. The Morgan fingerprint density at radius 3 is 2.47 bits per heavy atom. The number of aromatic nitrogens is 1. The third kappa shape index (κ3) is 5.35. The standard InChI is InChI=1S/C21H28N4O4S/c1-17(21(26)23-11-9-18-5-7-19(29-2)8-6-18)24-12-14-25(15-13-24)30(27,28)20-4-3-10-22-16-20/h3-8,10,16-17H,9,11-15H2,1-2H3,(H,23,26). The minimum absolute atomic E-state index is 0.0490. The molecule has 1 atom stereocenters. The van der Waals surface area contributed by atoms with Crippen molar-refractivity contribution in [2.45, 2.75) is 24.3 Å². The van der Waals surface area contributed by atoms with Crippen molar-refractivity contribution in [3.8, 4) is 5.75 Å². The molecule has 1 amide bonds. The normalized spacial score (nSPS) is 16.7. The number of piperazine rings is 1. The molecule has 0 aliphatic carbocycles. The summed E-state index contributed by atoms with van der Waals surface area (Å²) in [7, 11) is -1.92. The minimum Gasteiger partial charge on any atom is -0.497 e. The second-order valence-electron chi connectivity index (χ2n) is 7.19. The molecule has 1 aliphatic heterocycles. The molecule has 9 heteroatoms. The fraction of sp³-hybridized carbons (Fsp3) is 0.429. The number of sulfonamides is 1. The van der Waals surface area contributed by atoms with E-state index in [2.05, 4.69) is 10.3 Å². The van der Waals surface area contributed by atoms with Crippen LogP contribution in [0.2, 0.25) is 0 Å². The second-order valence-corrected chi connectivity index (χ2v) is 9.13. The smallest absolute Gasteiger partial charge is 0.244 e. The molecular formula is C21H28N4O4S. The Kier molecular flexibility index (Phi) is 7.41. The number of nitrogens with zero attached hydrogens (tertiary/aromatic N) is 3. The number of pyridine rings is 1. The van der Waals surface area contributed by atoms with Crippen LogP contribution in [0.1, 0.15) is 12.5 Å². The number of ether oxygens (including phenoxy) is 1. The first-order valence-electron chi connectivity index (χ1n) is 9.96. The maximum Gasteiger partial charge on any atom is 0.244 e. The molecule has 2 heterocycles. The monoisotopic (exact) mass is 432 g/mol. The van der Waals surface area contributed by atoms with Gasteiger partial charge in [-0.1, -0.05) is 12.1 Å². The highest BCUT2D eigenvalue weighted by atomic mass is 32.2. The molecule has 8 nitrogen and oxygen atoms in total. The molecule has 1 aromatic heterocycles. The first-order valence-corrected chi connectivity index (χ1v) is 11.4. The van der Waals surface area contributed by atoms with Crippen molar-refractivity contribution in [1.29, 1.82) is 0 Å². The van der Waals surface area contributed by atoms with Crippen molar-refractivity contribution in [3.63, 3.8) is 0 Å². The Hall–Kier alpha value is -2.49. The van der Waals surface area contributed by atoms with E-state index < -0.39 is 10.0 Å². The average molecular weight is 433 g/mol. The fourth-order valence-corrected chi connectivity index (χ4v) is 4.80. The average Bonchev–Trinajstić information content (AvgIpc) is 2.79. The molecule has 2 aromatic rings. The highest BCUT2D eigenvalue weighted by Crippen LogP contribution is 2.17. The predicted molar refractivity (Wildman–Crippen MR) is 114 cm³/mol. The summed E-state index contributed by atoms with van der Waals surface area (Å²) in [5.41, 5.74) is 1.12. The highest BCUT2D eigenvalue weighted by Gasteiger charge is 2.31. The van der Waals surface area contributed by atoms with Gasteiger partial charge in [-0.15, -0.1) is 0 Å². The molecule has 1 unspecified atom stereocenters. The Morgan fingerprint density at radius 1 is 1.17 bits per heavy atom. The van der Waals surface area contributed by atoms with Gasteiger partial charge in [0.15, 0.2) is 0 Å². The minimum atomic E-state index is -3.55. The Balaban J connectivity index is 1.46. The van der Waals surface area contributed by atoms with Crippen molar-refractivity contribution < 1.29 is 17.9 Å². The molecule has 3 rings (SSSR count). The number of hydrogen-bond acceptors (Lipinski definition) is 6. The molecule has 1 saturated heterocycles. The summed E-state index contributed by atoms with van der Waals surface area (Å²) in [6.45, 7) is 4.11. The summed E-state index contributed by atoms with van der Waals surface area (Å²) >= 11 is 0. The molecule has 1 aromatic carbocycles. The number of hydrogen-bond donors (Lipinski definition) is 1. The van der Waals surface area contributed by atoms with E-state index in [1.165, 1.54) is 10.5 Å². The van der Waals surface area contributed by atoms with Gasteiger partial charge < -0.3 is 10.1 Å². The van der Waals surface area contributed by atoms with E-state index in [1.807, 2.05) is 36.1 Å². The van der Waals surface area contributed by atoms with E-state index in [9.17, 15) is 13.2 Å². The van der Waals surface area contributed by atoms with Crippen LogP contribution in [-0.4, -0.2) is 74.4 Å². The molecule has 0 saturated carbocycles. The van der Waals surface area contributed by atoms with E-state index in [0.29, 0.717) is 32.7 Å². The van der Waals surface area contributed by atoms with E-state index in [-0.39, 0.29) is 16.8 Å². The van der Waals surface area contributed by atoms with Crippen molar-refractivity contribution in [2.24, 2.45) is 0 Å². The van der Waals surface area contributed by atoms with Gasteiger partial charge in [0.2, 0.25) is 15.9 Å². The van der Waals surface area contributed by atoms with Gasteiger partial charge in [0.1, 0.15) is 10.6 Å². The zero-order chi connectivity index (χ0) is 21.6. The van der Waals surface area contributed by atoms with E-state index in [0.717, 1.165) is 17.7 Å². The number of carbonyl (C=O) groups is 1. The van der Waals surface area contributed by atoms with Crippen LogP contribution in [0.25, 0.3) is 0 Å². The summed E-state index contributed by atoms with van der Waals surface area (Å²) in [6.07, 6.45) is 3.64. The van der Waals surface area contributed by atoms with Gasteiger partial charge >= 0.3 is 0 Å². The van der Waals surface area contributed by atoms with Gasteiger partial charge in [0.25, 0.3) is 0 Å². The Labute approximate surface area is 177 Å². The van der Waals surface area contributed by atoms with Crippen molar-refractivity contribution in [3.05, 3.63) is 54.4 Å². The van der Waals surface area contributed by atoms with Gasteiger partial charge in [-0.2, -0.15) is 4.31 Å². The third-order valence-corrected chi connectivity index (χ3v) is 7.23. The molecule has 1 N–H and O–H groups in total. The first-order chi connectivity index (χ1) is 14.4. The number of rotatable bonds is 8. The van der Waals surface area contributed by atoms with Crippen LogP contribution in [-0.2, 0) is 21.2 Å². The van der Waals surface area contributed by atoms with E-state index in [4.69, 9.17) is 4.74 Å². The third-order valence-electron chi connectivity index (χ3n) is 5.34. The van der Waals surface area contributed by atoms with E-state index in [1.54, 1.807) is 25.4 Å². The molecular weight excluding hydrogens is 404 g/mol. The maximum absolute atomic E-state index is 12.7. The molecule has 0 radical (unpaired) electrons. The van der Waals surface area contributed by atoms with E-state index >= 15 is 0 Å². The summed E-state index contributed by atoms with van der Waals surface area (Å²) < 4.78 is 32.0.